The number of nitrogens with one attached hydrogen (secondary N) is 1. The van der Waals surface area contributed by atoms with Gasteiger partial charge in [-0.25, -0.2) is 0 Å². The van der Waals surface area contributed by atoms with Crippen molar-refractivity contribution in [1.29, 1.82) is 0 Å². The molecule has 28 heavy (non-hydrogen) atoms. The van der Waals surface area contributed by atoms with Crippen molar-refractivity contribution in [3.63, 3.8) is 0 Å². The minimum absolute atomic E-state index is 0.0364. The minimum atomic E-state index is 0.0364. The zero-order chi connectivity index (χ0) is 20.7. The molecule has 2 aliphatic rings. The van der Waals surface area contributed by atoms with E-state index in [1.807, 2.05) is 19.2 Å². The molecule has 1 saturated carbocycles. The van der Waals surface area contributed by atoms with Crippen LogP contribution in [0.15, 0.2) is 24.3 Å². The predicted molar refractivity (Wildman–Crippen MR) is 112 cm³/mol. The third kappa shape index (κ3) is 5.34. The Labute approximate surface area is 169 Å². The number of rotatable bonds is 3. The van der Waals surface area contributed by atoms with Crippen LogP contribution in [0.4, 0.5) is 0 Å². The van der Waals surface area contributed by atoms with Crippen LogP contribution in [0.5, 0.6) is 5.75 Å². The summed E-state index contributed by atoms with van der Waals surface area (Å²) in [7, 11) is 1.98. The fraction of sp³-hybridized carbons (Fsp3) is 0.652. The molecule has 1 amide bonds. The second-order valence-electron chi connectivity index (χ2n) is 8.70. The van der Waals surface area contributed by atoms with E-state index in [4.69, 9.17) is 4.79 Å². The second kappa shape index (κ2) is 10.1. The smallest absolute Gasteiger partial charge is 0.227 e. The van der Waals surface area contributed by atoms with Gasteiger partial charge in [-0.2, -0.15) is 0 Å². The highest BCUT2D eigenvalue weighted by molar-refractivity contribution is 5.80. The quantitative estimate of drug-likeness (QED) is 0.775. The highest BCUT2D eigenvalue weighted by atomic mass is 16.3. The monoisotopic (exact) mass is 388 g/mol. The van der Waals surface area contributed by atoms with Crippen molar-refractivity contribution < 1.29 is 14.7 Å². The van der Waals surface area contributed by atoms with Crippen LogP contribution in [0.25, 0.3) is 0 Å². The second-order valence-corrected chi connectivity index (χ2v) is 8.70. The molecule has 1 heterocycles. The van der Waals surface area contributed by atoms with Crippen molar-refractivity contribution >= 4 is 12.2 Å². The number of piperidine rings is 1. The number of carbonyl (C=O) groups is 2. The maximum atomic E-state index is 13.2. The first-order valence-corrected chi connectivity index (χ1v) is 10.5. The third-order valence-corrected chi connectivity index (χ3v) is 6.29. The summed E-state index contributed by atoms with van der Waals surface area (Å²) in [6.45, 7) is 7.62. The van der Waals surface area contributed by atoms with Gasteiger partial charge in [0.25, 0.3) is 0 Å². The highest BCUT2D eigenvalue weighted by Crippen LogP contribution is 2.43. The molecular weight excluding hydrogens is 352 g/mol. The molecule has 2 fully saturated rings. The molecule has 5 heteroatoms. The summed E-state index contributed by atoms with van der Waals surface area (Å²) in [6, 6.07) is 7.92. The van der Waals surface area contributed by atoms with Gasteiger partial charge in [0, 0.05) is 19.1 Å². The lowest BCUT2D eigenvalue weighted by molar-refractivity contribution is -0.141. The van der Waals surface area contributed by atoms with Gasteiger partial charge in [-0.05, 0) is 62.3 Å². The van der Waals surface area contributed by atoms with E-state index >= 15 is 0 Å². The first-order chi connectivity index (χ1) is 13.3. The molecule has 3 atom stereocenters. The Morgan fingerprint density at radius 3 is 2.36 bits per heavy atom. The van der Waals surface area contributed by atoms with Crippen LogP contribution < -0.4 is 5.32 Å². The fourth-order valence-corrected chi connectivity index (χ4v) is 4.88. The van der Waals surface area contributed by atoms with Crippen molar-refractivity contribution in [2.45, 2.75) is 64.8 Å². The van der Waals surface area contributed by atoms with Crippen LogP contribution in [-0.4, -0.2) is 48.4 Å². The number of aromatic hydroxyl groups is 1. The van der Waals surface area contributed by atoms with Crippen LogP contribution in [0.2, 0.25) is 0 Å². The van der Waals surface area contributed by atoms with Crippen LogP contribution in [0, 0.1) is 11.3 Å². The number of likely N-dealkylation sites (tertiary alicyclic amines) is 1. The van der Waals surface area contributed by atoms with Gasteiger partial charge in [-0.15, -0.1) is 0 Å². The molecular formula is C23H36N2O3. The zero-order valence-electron chi connectivity index (χ0n) is 17.8. The van der Waals surface area contributed by atoms with Gasteiger partial charge in [0.05, 0.1) is 5.92 Å². The number of hydrogen-bond acceptors (Lipinski definition) is 4. The number of phenols is 1. The first kappa shape index (κ1) is 22.4. The normalized spacial score (nSPS) is 26.7. The van der Waals surface area contributed by atoms with Gasteiger partial charge in [-0.1, -0.05) is 38.8 Å². The number of nitrogens with zero attached hydrogens (tertiary/aromatic N) is 1. The van der Waals surface area contributed by atoms with E-state index in [-0.39, 0.29) is 11.3 Å². The van der Waals surface area contributed by atoms with Crippen LogP contribution in [0.1, 0.15) is 64.4 Å². The Morgan fingerprint density at radius 2 is 1.79 bits per heavy atom. The molecule has 156 valence electrons. The van der Waals surface area contributed by atoms with Crippen molar-refractivity contribution in [3.8, 4) is 5.75 Å². The molecule has 0 aromatic heterocycles. The molecule has 2 N–H and O–H groups in total. The average Bonchev–Trinajstić information content (AvgIpc) is 2.68. The number of amides is 1. The highest BCUT2D eigenvalue weighted by Gasteiger charge is 2.41. The SMILES string of the molecule is CC=O.CNC1CCCCC1C(=O)N1CCC(c2ccc(O)cc2)C(C)(C)C1. The summed E-state index contributed by atoms with van der Waals surface area (Å²) in [6.07, 6.45) is 6.26. The molecule has 1 aliphatic carbocycles. The third-order valence-electron chi connectivity index (χ3n) is 6.29. The van der Waals surface area contributed by atoms with Crippen molar-refractivity contribution in [1.82, 2.24) is 10.2 Å². The van der Waals surface area contributed by atoms with E-state index < -0.39 is 0 Å². The van der Waals surface area contributed by atoms with E-state index in [0.717, 1.165) is 38.6 Å². The van der Waals surface area contributed by atoms with E-state index in [1.165, 1.54) is 25.3 Å². The molecule has 0 radical (unpaired) electrons. The molecule has 0 spiro atoms. The lowest BCUT2D eigenvalue weighted by Crippen LogP contribution is -2.52. The van der Waals surface area contributed by atoms with Crippen molar-refractivity contribution in [2.75, 3.05) is 20.1 Å². The number of phenolic OH excluding ortho intramolecular Hbond substituents is 1. The molecule has 1 aromatic rings. The van der Waals surface area contributed by atoms with Gasteiger partial charge in [0.1, 0.15) is 12.0 Å². The van der Waals surface area contributed by atoms with Crippen molar-refractivity contribution in [2.24, 2.45) is 11.3 Å². The van der Waals surface area contributed by atoms with Crippen LogP contribution in [0.3, 0.4) is 0 Å². The largest absolute Gasteiger partial charge is 0.508 e. The van der Waals surface area contributed by atoms with E-state index in [1.54, 1.807) is 12.1 Å². The molecule has 3 rings (SSSR count). The number of hydrogen-bond donors (Lipinski definition) is 2. The number of benzene rings is 1. The summed E-state index contributed by atoms with van der Waals surface area (Å²) >= 11 is 0. The standard InChI is InChI=1S/C21H32N2O2.C2H4O/c1-21(2)14-23(20(25)17-6-4-5-7-19(17)22-3)13-12-18(21)15-8-10-16(24)11-9-15;1-2-3/h8-11,17-19,22,24H,4-7,12-14H2,1-3H3;2H,1H3. The van der Waals surface area contributed by atoms with Gasteiger partial charge in [0.2, 0.25) is 5.91 Å². The Hall–Kier alpha value is -1.88. The zero-order valence-corrected chi connectivity index (χ0v) is 17.8. The number of aldehydes is 1. The lowest BCUT2D eigenvalue weighted by Gasteiger charge is -2.46. The molecule has 5 nitrogen and oxygen atoms in total. The van der Waals surface area contributed by atoms with Crippen LogP contribution in [-0.2, 0) is 9.59 Å². The van der Waals surface area contributed by atoms with Gasteiger partial charge in [0.15, 0.2) is 0 Å². The molecule has 1 saturated heterocycles. The minimum Gasteiger partial charge on any atom is -0.508 e. The van der Waals surface area contributed by atoms with E-state index in [2.05, 4.69) is 24.1 Å². The molecule has 3 unspecified atom stereocenters. The maximum absolute atomic E-state index is 13.2. The first-order valence-electron chi connectivity index (χ1n) is 10.5. The van der Waals surface area contributed by atoms with Gasteiger partial charge >= 0.3 is 0 Å². The Balaban J connectivity index is 0.000000878. The van der Waals surface area contributed by atoms with Crippen LogP contribution >= 0.6 is 0 Å². The molecule has 0 bridgehead atoms. The summed E-state index contributed by atoms with van der Waals surface area (Å²) in [4.78, 5) is 24.1. The predicted octanol–water partition coefficient (Wildman–Crippen LogP) is 3.72. The maximum Gasteiger partial charge on any atom is 0.227 e. The van der Waals surface area contributed by atoms with Gasteiger partial charge in [-0.3, -0.25) is 4.79 Å². The summed E-state index contributed by atoms with van der Waals surface area (Å²) < 4.78 is 0. The fourth-order valence-electron chi connectivity index (χ4n) is 4.88. The molecule has 1 aromatic carbocycles. The van der Waals surface area contributed by atoms with Crippen molar-refractivity contribution in [3.05, 3.63) is 29.8 Å². The number of carbonyl (C=O) groups excluding carboxylic acids is 2. The summed E-state index contributed by atoms with van der Waals surface area (Å²) in [5, 5.41) is 12.9. The topological polar surface area (TPSA) is 69.6 Å². The lowest BCUT2D eigenvalue weighted by atomic mass is 9.70. The van der Waals surface area contributed by atoms with E-state index in [9.17, 15) is 9.90 Å². The summed E-state index contributed by atoms with van der Waals surface area (Å²) in [5.41, 5.74) is 1.30. The van der Waals surface area contributed by atoms with E-state index in [0.29, 0.717) is 23.6 Å². The molecule has 1 aliphatic heterocycles. The Morgan fingerprint density at radius 1 is 1.18 bits per heavy atom. The summed E-state index contributed by atoms with van der Waals surface area (Å²) in [5.74, 6) is 1.21. The Kier molecular flexibility index (Phi) is 8.05. The van der Waals surface area contributed by atoms with Gasteiger partial charge < -0.3 is 20.1 Å². The average molecular weight is 389 g/mol. The Bertz CT molecular complexity index is 642.